The van der Waals surface area contributed by atoms with E-state index in [1.165, 1.54) is 0 Å². The molecule has 0 saturated heterocycles. The van der Waals surface area contributed by atoms with Crippen LogP contribution in [0.15, 0.2) is 27.6 Å². The van der Waals surface area contributed by atoms with Gasteiger partial charge in [-0.3, -0.25) is 5.32 Å². The lowest BCUT2D eigenvalue weighted by atomic mass is 10.2. The van der Waals surface area contributed by atoms with Crippen LogP contribution in [-0.4, -0.2) is 11.7 Å². The molecule has 0 atom stereocenters. The Morgan fingerprint density at radius 1 is 1.44 bits per heavy atom. The zero-order valence-electron chi connectivity index (χ0n) is 9.37. The minimum Gasteiger partial charge on any atom is -0.444 e. The number of halogens is 1. The quantitative estimate of drug-likeness (QED) is 0.767. The van der Waals surface area contributed by atoms with Crippen LogP contribution in [0.25, 0.3) is 0 Å². The van der Waals surface area contributed by atoms with Crippen LogP contribution >= 0.6 is 28.6 Å². The normalized spacial score (nSPS) is 11.1. The molecule has 0 aliphatic rings. The van der Waals surface area contributed by atoms with Gasteiger partial charge in [0.2, 0.25) is 0 Å². The molecule has 16 heavy (non-hydrogen) atoms. The van der Waals surface area contributed by atoms with E-state index in [4.69, 9.17) is 4.74 Å². The molecule has 3 nitrogen and oxygen atoms in total. The van der Waals surface area contributed by atoms with Crippen molar-refractivity contribution in [3.63, 3.8) is 0 Å². The largest absolute Gasteiger partial charge is 0.444 e. The summed E-state index contributed by atoms with van der Waals surface area (Å²) in [7, 11) is 0. The predicted octanol–water partition coefficient (Wildman–Crippen LogP) is 4.08. The molecule has 0 spiro atoms. The SMILES string of the molecule is CC(C)(C)OC(=O)Nc1cc(S)ccc1Br. The molecule has 88 valence electrons. The number of amides is 1. The summed E-state index contributed by atoms with van der Waals surface area (Å²) in [6, 6.07) is 5.39. The number of hydrogen-bond donors (Lipinski definition) is 2. The van der Waals surface area contributed by atoms with Gasteiger partial charge < -0.3 is 4.74 Å². The number of benzene rings is 1. The topological polar surface area (TPSA) is 38.3 Å². The highest BCUT2D eigenvalue weighted by Crippen LogP contribution is 2.25. The number of ether oxygens (including phenoxy) is 1. The number of hydrogen-bond acceptors (Lipinski definition) is 3. The number of nitrogens with one attached hydrogen (secondary N) is 1. The van der Waals surface area contributed by atoms with Gasteiger partial charge in [0.15, 0.2) is 0 Å². The molecule has 1 rings (SSSR count). The molecule has 1 aromatic rings. The maximum absolute atomic E-state index is 11.5. The number of anilines is 1. The first-order valence-corrected chi connectivity index (χ1v) is 6.00. The molecule has 0 bridgehead atoms. The summed E-state index contributed by atoms with van der Waals surface area (Å²) >= 11 is 7.53. The summed E-state index contributed by atoms with van der Waals surface area (Å²) in [5.41, 5.74) is 0.136. The average Bonchev–Trinajstić information content (AvgIpc) is 2.08. The Kier molecular flexibility index (Phi) is 4.27. The third-order valence-electron chi connectivity index (χ3n) is 1.59. The monoisotopic (exact) mass is 303 g/mol. The summed E-state index contributed by atoms with van der Waals surface area (Å²) < 4.78 is 5.93. The van der Waals surface area contributed by atoms with E-state index in [9.17, 15) is 4.79 Å². The van der Waals surface area contributed by atoms with E-state index < -0.39 is 11.7 Å². The molecule has 0 heterocycles. The van der Waals surface area contributed by atoms with Gasteiger partial charge in [0, 0.05) is 9.37 Å². The molecule has 0 radical (unpaired) electrons. The van der Waals surface area contributed by atoms with Crippen molar-refractivity contribution in [2.24, 2.45) is 0 Å². The summed E-state index contributed by atoms with van der Waals surface area (Å²) in [6.45, 7) is 5.45. The van der Waals surface area contributed by atoms with Crippen molar-refractivity contribution in [1.29, 1.82) is 0 Å². The second kappa shape index (κ2) is 5.10. The molecule has 1 amide bonds. The van der Waals surface area contributed by atoms with E-state index in [0.29, 0.717) is 5.69 Å². The van der Waals surface area contributed by atoms with E-state index in [1.54, 1.807) is 6.07 Å². The van der Waals surface area contributed by atoms with Gasteiger partial charge in [0.05, 0.1) is 5.69 Å². The van der Waals surface area contributed by atoms with Crippen molar-refractivity contribution in [1.82, 2.24) is 0 Å². The van der Waals surface area contributed by atoms with Crippen molar-refractivity contribution in [3.8, 4) is 0 Å². The van der Waals surface area contributed by atoms with Gasteiger partial charge in [-0.05, 0) is 54.9 Å². The highest BCUT2D eigenvalue weighted by molar-refractivity contribution is 9.10. The van der Waals surface area contributed by atoms with E-state index in [1.807, 2.05) is 32.9 Å². The molecular formula is C11H14BrNO2S. The number of carbonyl (C=O) groups excluding carboxylic acids is 1. The third kappa shape index (κ3) is 4.45. The average molecular weight is 304 g/mol. The van der Waals surface area contributed by atoms with E-state index >= 15 is 0 Å². The predicted molar refractivity (Wildman–Crippen MR) is 71.3 cm³/mol. The van der Waals surface area contributed by atoms with Crippen LogP contribution in [0.2, 0.25) is 0 Å². The Bertz CT molecular complexity index is 401. The lowest BCUT2D eigenvalue weighted by molar-refractivity contribution is 0.0636. The van der Waals surface area contributed by atoms with Crippen LogP contribution in [0.4, 0.5) is 10.5 Å². The Morgan fingerprint density at radius 2 is 2.06 bits per heavy atom. The van der Waals surface area contributed by atoms with Crippen molar-refractivity contribution in [2.45, 2.75) is 31.3 Å². The number of thiol groups is 1. The van der Waals surface area contributed by atoms with Crippen molar-refractivity contribution < 1.29 is 9.53 Å². The van der Waals surface area contributed by atoms with Gasteiger partial charge in [0.1, 0.15) is 5.60 Å². The van der Waals surface area contributed by atoms with Gasteiger partial charge in [-0.2, -0.15) is 0 Å². The number of carbonyl (C=O) groups is 1. The van der Waals surface area contributed by atoms with Gasteiger partial charge in [0.25, 0.3) is 0 Å². The molecule has 0 aliphatic heterocycles. The van der Waals surface area contributed by atoms with Crippen LogP contribution in [0, 0.1) is 0 Å². The standard InChI is InChI=1S/C11H14BrNO2S/c1-11(2,3)15-10(14)13-9-6-7(16)4-5-8(9)12/h4-6,16H,1-3H3,(H,13,14). The first kappa shape index (κ1) is 13.4. The molecule has 0 unspecified atom stereocenters. The number of rotatable bonds is 1. The molecule has 0 aromatic heterocycles. The fourth-order valence-electron chi connectivity index (χ4n) is 1.02. The maximum Gasteiger partial charge on any atom is 0.412 e. The van der Waals surface area contributed by atoms with Crippen LogP contribution in [0.3, 0.4) is 0 Å². The van der Waals surface area contributed by atoms with Crippen molar-refractivity contribution in [2.75, 3.05) is 5.32 Å². The second-order valence-electron chi connectivity index (χ2n) is 4.29. The Morgan fingerprint density at radius 3 is 2.62 bits per heavy atom. The van der Waals surface area contributed by atoms with E-state index in [0.717, 1.165) is 9.37 Å². The Hall–Kier alpha value is -0.680. The van der Waals surface area contributed by atoms with Crippen LogP contribution < -0.4 is 5.32 Å². The molecular weight excluding hydrogens is 290 g/mol. The smallest absolute Gasteiger partial charge is 0.412 e. The van der Waals surface area contributed by atoms with Crippen molar-refractivity contribution in [3.05, 3.63) is 22.7 Å². The van der Waals surface area contributed by atoms with E-state index in [2.05, 4.69) is 33.9 Å². The van der Waals surface area contributed by atoms with Crippen LogP contribution in [0.1, 0.15) is 20.8 Å². The highest BCUT2D eigenvalue weighted by atomic mass is 79.9. The first-order valence-electron chi connectivity index (χ1n) is 4.76. The van der Waals surface area contributed by atoms with Crippen LogP contribution in [0.5, 0.6) is 0 Å². The second-order valence-corrected chi connectivity index (χ2v) is 5.66. The van der Waals surface area contributed by atoms with E-state index in [-0.39, 0.29) is 0 Å². The molecule has 5 heteroatoms. The summed E-state index contributed by atoms with van der Waals surface area (Å²) in [5.74, 6) is 0. The fourth-order valence-corrected chi connectivity index (χ4v) is 1.57. The minimum atomic E-state index is -0.505. The fraction of sp³-hybridized carbons (Fsp3) is 0.364. The molecule has 1 N–H and O–H groups in total. The molecule has 0 aliphatic carbocycles. The highest BCUT2D eigenvalue weighted by Gasteiger charge is 2.16. The zero-order valence-corrected chi connectivity index (χ0v) is 11.9. The lowest BCUT2D eigenvalue weighted by Gasteiger charge is -2.20. The summed E-state index contributed by atoms with van der Waals surface area (Å²) in [4.78, 5) is 12.3. The third-order valence-corrected chi connectivity index (χ3v) is 2.56. The van der Waals surface area contributed by atoms with Crippen molar-refractivity contribution >= 4 is 40.3 Å². The lowest BCUT2D eigenvalue weighted by Crippen LogP contribution is -2.27. The maximum atomic E-state index is 11.5. The zero-order chi connectivity index (χ0) is 12.3. The van der Waals surface area contributed by atoms with Crippen LogP contribution in [-0.2, 0) is 4.74 Å². The molecule has 0 fully saturated rings. The Labute approximate surface area is 109 Å². The van der Waals surface area contributed by atoms with Gasteiger partial charge in [-0.15, -0.1) is 12.6 Å². The molecule has 0 saturated carbocycles. The summed E-state index contributed by atoms with van der Waals surface area (Å²) in [5, 5.41) is 2.65. The van der Waals surface area contributed by atoms with Gasteiger partial charge in [-0.25, -0.2) is 4.79 Å². The Balaban J connectivity index is 2.73. The summed E-state index contributed by atoms with van der Waals surface area (Å²) in [6.07, 6.45) is -0.480. The first-order chi connectivity index (χ1) is 7.28. The van der Waals surface area contributed by atoms with Gasteiger partial charge >= 0.3 is 6.09 Å². The minimum absolute atomic E-state index is 0.480. The molecule has 1 aromatic carbocycles. The van der Waals surface area contributed by atoms with Gasteiger partial charge in [-0.1, -0.05) is 0 Å².